The third-order valence-electron chi connectivity index (χ3n) is 2.62. The van der Waals surface area contributed by atoms with Crippen LogP contribution in [0.4, 0.5) is 5.69 Å². The van der Waals surface area contributed by atoms with Gasteiger partial charge in [-0.25, -0.2) is 4.98 Å². The number of hydrogen-bond acceptors (Lipinski definition) is 3. The van der Waals surface area contributed by atoms with E-state index in [0.717, 1.165) is 13.0 Å². The summed E-state index contributed by atoms with van der Waals surface area (Å²) in [5.74, 6) is -0.0209. The normalized spacial score (nSPS) is 15.8. The highest BCUT2D eigenvalue weighted by Gasteiger charge is 2.18. The minimum absolute atomic E-state index is 0.0209. The molecule has 4 nitrogen and oxygen atoms in total. The number of anilines is 1. The summed E-state index contributed by atoms with van der Waals surface area (Å²) in [5, 5.41) is 0. The number of pyridine rings is 1. The molecule has 2 N–H and O–H groups in total. The molecule has 0 fully saturated rings. The van der Waals surface area contributed by atoms with Crippen molar-refractivity contribution in [1.29, 1.82) is 0 Å². The van der Waals surface area contributed by atoms with Gasteiger partial charge in [0.15, 0.2) is 0 Å². The number of rotatable bonds is 1. The van der Waals surface area contributed by atoms with Gasteiger partial charge in [-0.2, -0.15) is 0 Å². The Labute approximate surface area is 94.8 Å². The lowest BCUT2D eigenvalue weighted by atomic mass is 10.1. The molecule has 0 saturated carbocycles. The largest absolute Gasteiger partial charge is 0.397 e. The van der Waals surface area contributed by atoms with Crippen LogP contribution in [-0.4, -0.2) is 28.9 Å². The van der Waals surface area contributed by atoms with Gasteiger partial charge in [-0.3, -0.25) is 4.79 Å². The summed E-state index contributed by atoms with van der Waals surface area (Å²) in [6.07, 6.45) is 4.60. The molecule has 1 aromatic heterocycles. The molecular formula is C12H15N3O. The zero-order chi connectivity index (χ0) is 11.5. The second kappa shape index (κ2) is 4.35. The van der Waals surface area contributed by atoms with E-state index >= 15 is 0 Å². The van der Waals surface area contributed by atoms with E-state index in [1.807, 2.05) is 11.8 Å². The van der Waals surface area contributed by atoms with E-state index in [-0.39, 0.29) is 5.91 Å². The molecule has 84 valence electrons. The second-order valence-electron chi connectivity index (χ2n) is 4.04. The van der Waals surface area contributed by atoms with Gasteiger partial charge < -0.3 is 10.6 Å². The maximum atomic E-state index is 12.1. The van der Waals surface area contributed by atoms with Crippen LogP contribution in [0.5, 0.6) is 0 Å². The van der Waals surface area contributed by atoms with Gasteiger partial charge >= 0.3 is 0 Å². The first-order valence-electron chi connectivity index (χ1n) is 5.33. The van der Waals surface area contributed by atoms with Crippen LogP contribution < -0.4 is 5.73 Å². The Morgan fingerprint density at radius 1 is 1.50 bits per heavy atom. The highest BCUT2D eigenvalue weighted by Crippen LogP contribution is 2.12. The summed E-state index contributed by atoms with van der Waals surface area (Å²) in [5.41, 5.74) is 7.80. The lowest BCUT2D eigenvalue weighted by Crippen LogP contribution is -2.35. The Morgan fingerprint density at radius 2 is 2.31 bits per heavy atom. The zero-order valence-corrected chi connectivity index (χ0v) is 9.31. The highest BCUT2D eigenvalue weighted by atomic mass is 16.2. The fraction of sp³-hybridized carbons (Fsp3) is 0.333. The van der Waals surface area contributed by atoms with Crippen molar-refractivity contribution in [2.45, 2.75) is 13.3 Å². The van der Waals surface area contributed by atoms with Crippen LogP contribution in [-0.2, 0) is 0 Å². The van der Waals surface area contributed by atoms with Crippen molar-refractivity contribution < 1.29 is 4.79 Å². The van der Waals surface area contributed by atoms with E-state index < -0.39 is 0 Å². The SMILES string of the molecule is CC1=CCCN(C(=O)c2ccc(N)cn2)C1. The Kier molecular flexibility index (Phi) is 2.90. The van der Waals surface area contributed by atoms with Crippen LogP contribution in [0.15, 0.2) is 30.0 Å². The van der Waals surface area contributed by atoms with Crippen LogP contribution in [0.1, 0.15) is 23.8 Å². The van der Waals surface area contributed by atoms with Crippen molar-refractivity contribution in [2.24, 2.45) is 0 Å². The maximum Gasteiger partial charge on any atom is 0.272 e. The highest BCUT2D eigenvalue weighted by molar-refractivity contribution is 5.92. The second-order valence-corrected chi connectivity index (χ2v) is 4.04. The summed E-state index contributed by atoms with van der Waals surface area (Å²) in [7, 11) is 0. The summed E-state index contributed by atoms with van der Waals surface area (Å²) in [6.45, 7) is 3.50. The number of nitrogens with zero attached hydrogens (tertiary/aromatic N) is 2. The smallest absolute Gasteiger partial charge is 0.272 e. The first-order valence-corrected chi connectivity index (χ1v) is 5.33. The Balaban J connectivity index is 2.13. The number of nitrogen functional groups attached to an aromatic ring is 1. The van der Waals surface area contributed by atoms with Crippen molar-refractivity contribution in [3.8, 4) is 0 Å². The molecule has 0 saturated heterocycles. The molecule has 1 aliphatic rings. The standard InChI is InChI=1S/C12H15N3O/c1-9-3-2-6-15(8-9)12(16)11-5-4-10(13)7-14-11/h3-5,7H,2,6,8,13H2,1H3. The molecule has 0 bridgehead atoms. The number of carbonyl (C=O) groups is 1. The average molecular weight is 217 g/mol. The molecule has 1 aromatic rings. The average Bonchev–Trinajstić information content (AvgIpc) is 2.29. The van der Waals surface area contributed by atoms with Gasteiger partial charge in [-0.1, -0.05) is 11.6 Å². The van der Waals surface area contributed by atoms with Crippen molar-refractivity contribution in [3.05, 3.63) is 35.7 Å². The number of amides is 1. The van der Waals surface area contributed by atoms with Crippen LogP contribution in [0, 0.1) is 0 Å². The number of carbonyl (C=O) groups excluding carboxylic acids is 1. The lowest BCUT2D eigenvalue weighted by Gasteiger charge is -2.25. The number of aromatic nitrogens is 1. The fourth-order valence-electron chi connectivity index (χ4n) is 1.78. The quantitative estimate of drug-likeness (QED) is 0.724. The molecule has 4 heteroatoms. The van der Waals surface area contributed by atoms with E-state index in [0.29, 0.717) is 17.9 Å². The molecule has 0 atom stereocenters. The molecule has 2 heterocycles. The van der Waals surface area contributed by atoms with Gasteiger partial charge in [0.05, 0.1) is 11.9 Å². The summed E-state index contributed by atoms with van der Waals surface area (Å²) in [6, 6.07) is 3.37. The van der Waals surface area contributed by atoms with Gasteiger partial charge in [-0.05, 0) is 25.5 Å². The molecule has 0 spiro atoms. The Hall–Kier alpha value is -1.84. The summed E-state index contributed by atoms with van der Waals surface area (Å²) in [4.78, 5) is 17.9. The number of hydrogen-bond donors (Lipinski definition) is 1. The van der Waals surface area contributed by atoms with Gasteiger partial charge in [0.1, 0.15) is 5.69 Å². The van der Waals surface area contributed by atoms with E-state index in [2.05, 4.69) is 11.1 Å². The molecule has 1 amide bonds. The van der Waals surface area contributed by atoms with Crippen LogP contribution in [0.25, 0.3) is 0 Å². The Morgan fingerprint density at radius 3 is 2.94 bits per heavy atom. The molecule has 0 radical (unpaired) electrons. The summed E-state index contributed by atoms with van der Waals surface area (Å²) < 4.78 is 0. The van der Waals surface area contributed by atoms with Gasteiger partial charge in [0.25, 0.3) is 5.91 Å². The van der Waals surface area contributed by atoms with Gasteiger partial charge in [-0.15, -0.1) is 0 Å². The van der Waals surface area contributed by atoms with Crippen LogP contribution in [0.3, 0.4) is 0 Å². The Bertz CT molecular complexity index is 422. The van der Waals surface area contributed by atoms with Crippen molar-refractivity contribution in [3.63, 3.8) is 0 Å². The third kappa shape index (κ3) is 2.21. The van der Waals surface area contributed by atoms with Gasteiger partial charge in [0.2, 0.25) is 0 Å². The molecular weight excluding hydrogens is 202 g/mol. The van der Waals surface area contributed by atoms with Gasteiger partial charge in [0, 0.05) is 13.1 Å². The molecule has 16 heavy (non-hydrogen) atoms. The molecule has 0 aromatic carbocycles. The van der Waals surface area contributed by atoms with E-state index in [9.17, 15) is 4.79 Å². The molecule has 0 unspecified atom stereocenters. The van der Waals surface area contributed by atoms with Crippen molar-refractivity contribution in [1.82, 2.24) is 9.88 Å². The van der Waals surface area contributed by atoms with E-state index in [1.54, 1.807) is 12.1 Å². The molecule has 2 rings (SSSR count). The molecule has 1 aliphatic heterocycles. The van der Waals surface area contributed by atoms with Crippen LogP contribution >= 0.6 is 0 Å². The fourth-order valence-corrected chi connectivity index (χ4v) is 1.78. The first-order chi connectivity index (χ1) is 7.66. The van der Waals surface area contributed by atoms with E-state index in [4.69, 9.17) is 5.73 Å². The van der Waals surface area contributed by atoms with Crippen molar-refractivity contribution in [2.75, 3.05) is 18.8 Å². The zero-order valence-electron chi connectivity index (χ0n) is 9.31. The minimum atomic E-state index is -0.0209. The van der Waals surface area contributed by atoms with Crippen LogP contribution in [0.2, 0.25) is 0 Å². The lowest BCUT2D eigenvalue weighted by molar-refractivity contribution is 0.0760. The monoisotopic (exact) mass is 217 g/mol. The minimum Gasteiger partial charge on any atom is -0.397 e. The number of nitrogens with two attached hydrogens (primary N) is 1. The van der Waals surface area contributed by atoms with E-state index in [1.165, 1.54) is 11.8 Å². The van der Waals surface area contributed by atoms with Crippen molar-refractivity contribution >= 4 is 11.6 Å². The third-order valence-corrected chi connectivity index (χ3v) is 2.62. The first kappa shape index (κ1) is 10.7. The predicted molar refractivity (Wildman–Crippen MR) is 62.9 cm³/mol. The predicted octanol–water partition coefficient (Wildman–Crippen LogP) is 1.46. The summed E-state index contributed by atoms with van der Waals surface area (Å²) >= 11 is 0. The maximum absolute atomic E-state index is 12.1. The molecule has 0 aliphatic carbocycles. The topological polar surface area (TPSA) is 59.2 Å².